The largest absolute Gasteiger partial charge is 0.374 e. The normalized spacial score (nSPS) is 8.75. The van der Waals surface area contributed by atoms with Crippen molar-refractivity contribution in [2.24, 2.45) is 5.73 Å². The van der Waals surface area contributed by atoms with Crippen LogP contribution in [0, 0.1) is 0 Å². The van der Waals surface area contributed by atoms with Crippen molar-refractivity contribution < 1.29 is 0 Å². The van der Waals surface area contributed by atoms with E-state index in [2.05, 4.69) is 23.1 Å². The number of nitrogens with one attached hydrogen (secondary N) is 2. The Morgan fingerprint density at radius 1 is 1.50 bits per heavy atom. The van der Waals surface area contributed by atoms with Gasteiger partial charge in [-0.25, -0.2) is 16.0 Å². The highest BCUT2D eigenvalue weighted by Gasteiger charge is 1.95. The van der Waals surface area contributed by atoms with Gasteiger partial charge in [0.25, 0.3) is 0 Å². The van der Waals surface area contributed by atoms with Gasteiger partial charge in [-0.05, 0) is 12.2 Å². The molecule has 0 atom stereocenters. The highest BCUT2D eigenvalue weighted by molar-refractivity contribution is 7.80. The minimum absolute atomic E-state index is 0.273. The van der Waals surface area contributed by atoms with Crippen molar-refractivity contribution in [3.05, 3.63) is 0 Å². The summed E-state index contributed by atoms with van der Waals surface area (Å²) in [4.78, 5) is 0. The number of thiocarbonyl (C=S) groups is 1. The summed E-state index contributed by atoms with van der Waals surface area (Å²) in [6.07, 6.45) is 0. The van der Waals surface area contributed by atoms with Crippen molar-refractivity contribution in [2.75, 3.05) is 14.1 Å². The molecule has 0 aliphatic carbocycles. The Labute approximate surface area is 54.0 Å². The lowest BCUT2D eigenvalue weighted by atomic mass is 11.1. The lowest BCUT2D eigenvalue weighted by Gasteiger charge is -2.18. The molecule has 0 aromatic carbocycles. The van der Waals surface area contributed by atoms with Gasteiger partial charge in [0.15, 0.2) is 5.11 Å². The quantitative estimate of drug-likeness (QED) is 0.327. The maximum atomic E-state index is 5.19. The van der Waals surface area contributed by atoms with Gasteiger partial charge in [0.2, 0.25) is 0 Å². The van der Waals surface area contributed by atoms with Crippen LogP contribution in [0.15, 0.2) is 0 Å². The van der Waals surface area contributed by atoms with Gasteiger partial charge in [0.05, 0.1) is 0 Å². The zero-order valence-electron chi connectivity index (χ0n) is 4.93. The van der Waals surface area contributed by atoms with Crippen LogP contribution in [-0.2, 0) is 0 Å². The Bertz CT molecular complexity index is 79.4. The molecule has 0 unspecified atom stereocenters. The molecule has 48 valence electrons. The fourth-order valence-corrected chi connectivity index (χ4v) is 0.515. The van der Waals surface area contributed by atoms with E-state index in [1.807, 2.05) is 0 Å². The average Bonchev–Trinajstić information content (AvgIpc) is 1.69. The van der Waals surface area contributed by atoms with Gasteiger partial charge >= 0.3 is 0 Å². The van der Waals surface area contributed by atoms with E-state index in [-0.39, 0.29) is 5.11 Å². The van der Waals surface area contributed by atoms with Crippen LogP contribution in [0.2, 0.25) is 0 Å². The zero-order valence-corrected chi connectivity index (χ0v) is 5.75. The predicted octanol–water partition coefficient (Wildman–Crippen LogP) is -1.20. The van der Waals surface area contributed by atoms with Crippen LogP contribution in [0.4, 0.5) is 0 Å². The summed E-state index contributed by atoms with van der Waals surface area (Å²) in [6, 6.07) is 0. The highest BCUT2D eigenvalue weighted by Crippen LogP contribution is 1.68. The van der Waals surface area contributed by atoms with Crippen LogP contribution in [0.1, 0.15) is 0 Å². The predicted molar refractivity (Wildman–Crippen MR) is 36.7 cm³/mol. The Hall–Kier alpha value is -0.390. The van der Waals surface area contributed by atoms with Gasteiger partial charge in [-0.1, -0.05) is 0 Å². The number of nitrogens with zero attached hydrogens (tertiary/aromatic N) is 1. The van der Waals surface area contributed by atoms with Crippen LogP contribution in [0.5, 0.6) is 0 Å². The maximum absolute atomic E-state index is 5.19. The number of nitrogens with two attached hydrogens (primary N) is 1. The summed E-state index contributed by atoms with van der Waals surface area (Å²) in [5.41, 5.74) is 10.6. The maximum Gasteiger partial charge on any atom is 0.196 e. The van der Waals surface area contributed by atoms with Crippen LogP contribution in [0.25, 0.3) is 0 Å². The summed E-state index contributed by atoms with van der Waals surface area (Å²) in [5.74, 6) is 0. The molecule has 0 rings (SSSR count). The Morgan fingerprint density at radius 2 is 1.88 bits per heavy atom. The van der Waals surface area contributed by atoms with E-state index in [1.54, 1.807) is 14.1 Å². The number of rotatable bonds is 2. The molecule has 0 amide bonds. The van der Waals surface area contributed by atoms with Crippen LogP contribution in [0.3, 0.4) is 0 Å². The molecule has 0 fully saturated rings. The van der Waals surface area contributed by atoms with Gasteiger partial charge < -0.3 is 5.73 Å². The molecule has 0 saturated heterocycles. The Kier molecular flexibility index (Phi) is 3.42. The molecular weight excluding hydrogens is 124 g/mol. The molecule has 0 heterocycles. The molecule has 0 aromatic rings. The molecule has 0 aliphatic rings. The molecule has 0 bridgehead atoms. The number of hydrogen-bond donors (Lipinski definition) is 3. The zero-order chi connectivity index (χ0) is 6.57. The van der Waals surface area contributed by atoms with Crippen LogP contribution in [-0.4, -0.2) is 24.3 Å². The van der Waals surface area contributed by atoms with E-state index in [4.69, 9.17) is 5.73 Å². The fraction of sp³-hybridized carbons (Fsp3) is 0.667. The second kappa shape index (κ2) is 3.59. The molecule has 4 N–H and O–H groups in total. The molecule has 0 aliphatic heterocycles. The third-order valence-corrected chi connectivity index (χ3v) is 0.850. The fourth-order valence-electron chi connectivity index (χ4n) is 0.332. The Morgan fingerprint density at radius 3 is 1.88 bits per heavy atom. The van der Waals surface area contributed by atoms with Crippen molar-refractivity contribution in [3.8, 4) is 0 Å². The lowest BCUT2D eigenvalue weighted by molar-refractivity contribution is 0.269. The van der Waals surface area contributed by atoms with Crippen molar-refractivity contribution in [1.82, 2.24) is 16.0 Å². The summed E-state index contributed by atoms with van der Waals surface area (Å²) in [7, 11) is 3.44. The first-order valence-corrected chi connectivity index (χ1v) is 2.57. The van der Waals surface area contributed by atoms with Crippen molar-refractivity contribution in [1.29, 1.82) is 0 Å². The van der Waals surface area contributed by atoms with Crippen LogP contribution < -0.4 is 16.6 Å². The van der Waals surface area contributed by atoms with Crippen molar-refractivity contribution in [2.45, 2.75) is 0 Å². The Balaban J connectivity index is 3.52. The third-order valence-electron chi connectivity index (χ3n) is 0.668. The number of hydrazine groups is 2. The van der Waals surface area contributed by atoms with Gasteiger partial charge in [-0.3, -0.25) is 0 Å². The lowest BCUT2D eigenvalue weighted by Crippen LogP contribution is -2.50. The van der Waals surface area contributed by atoms with E-state index in [1.165, 1.54) is 5.12 Å². The summed E-state index contributed by atoms with van der Waals surface area (Å²) in [6.45, 7) is 0. The summed E-state index contributed by atoms with van der Waals surface area (Å²) >= 11 is 4.59. The average molecular weight is 134 g/mol. The van der Waals surface area contributed by atoms with E-state index in [0.29, 0.717) is 0 Å². The molecule has 8 heavy (non-hydrogen) atoms. The van der Waals surface area contributed by atoms with Gasteiger partial charge in [-0.2, -0.15) is 0 Å². The monoisotopic (exact) mass is 134 g/mol. The third kappa shape index (κ3) is 2.06. The second-order valence-electron chi connectivity index (χ2n) is 1.12. The smallest absolute Gasteiger partial charge is 0.196 e. The minimum Gasteiger partial charge on any atom is -0.374 e. The SMILES string of the molecule is CNN(NC)C(N)=S. The molecule has 0 aromatic heterocycles. The standard InChI is InChI=1S/C3H10N4S/c1-5-7(6-2)3(4)8/h5-6H,1-2H3,(H2,4,8). The van der Waals surface area contributed by atoms with E-state index >= 15 is 0 Å². The molecular formula is C3H10N4S. The molecule has 4 nitrogen and oxygen atoms in total. The van der Waals surface area contributed by atoms with Crippen molar-refractivity contribution >= 4 is 17.3 Å². The van der Waals surface area contributed by atoms with E-state index in [0.717, 1.165) is 0 Å². The first kappa shape index (κ1) is 7.61. The van der Waals surface area contributed by atoms with Gasteiger partial charge in [0, 0.05) is 14.1 Å². The number of hydrogen-bond acceptors (Lipinski definition) is 3. The molecule has 5 heteroatoms. The topological polar surface area (TPSA) is 53.3 Å². The van der Waals surface area contributed by atoms with Gasteiger partial charge in [-0.15, -0.1) is 0 Å². The van der Waals surface area contributed by atoms with Crippen molar-refractivity contribution in [3.63, 3.8) is 0 Å². The highest BCUT2D eigenvalue weighted by atomic mass is 32.1. The first-order chi connectivity index (χ1) is 3.72. The summed E-state index contributed by atoms with van der Waals surface area (Å²) in [5, 5.41) is 1.70. The summed E-state index contributed by atoms with van der Waals surface area (Å²) < 4.78 is 0. The van der Waals surface area contributed by atoms with Gasteiger partial charge in [0.1, 0.15) is 0 Å². The van der Waals surface area contributed by atoms with E-state index in [9.17, 15) is 0 Å². The molecule has 0 radical (unpaired) electrons. The minimum atomic E-state index is 0.273. The first-order valence-electron chi connectivity index (χ1n) is 2.16. The molecule has 0 saturated carbocycles. The second-order valence-corrected chi connectivity index (χ2v) is 1.54. The van der Waals surface area contributed by atoms with E-state index < -0.39 is 0 Å². The van der Waals surface area contributed by atoms with Crippen LogP contribution >= 0.6 is 12.2 Å². The molecule has 0 spiro atoms.